The van der Waals surface area contributed by atoms with Gasteiger partial charge in [0.2, 0.25) is 5.95 Å². The van der Waals surface area contributed by atoms with Gasteiger partial charge in [-0.05, 0) is 30.8 Å². The third kappa shape index (κ3) is 5.31. The fraction of sp³-hybridized carbons (Fsp3) is 0.500. The van der Waals surface area contributed by atoms with E-state index in [-0.39, 0.29) is 47.1 Å². The molecular weight excluding hydrogens is 475 g/mol. The third-order valence-corrected chi connectivity index (χ3v) is 6.58. The summed E-state index contributed by atoms with van der Waals surface area (Å²) in [6.45, 7) is 4.88. The average Bonchev–Trinajstić information content (AvgIpc) is 3.29. The van der Waals surface area contributed by atoms with Crippen molar-refractivity contribution in [2.45, 2.75) is 39.0 Å². The summed E-state index contributed by atoms with van der Waals surface area (Å²) in [5, 5.41) is 25.5. The van der Waals surface area contributed by atoms with Crippen LogP contribution in [0.1, 0.15) is 37.8 Å². The minimum atomic E-state index is -4.47. The second-order valence-corrected chi connectivity index (χ2v) is 9.42. The topological polar surface area (TPSA) is 130 Å². The number of piperidine rings is 1. The van der Waals surface area contributed by atoms with Gasteiger partial charge in [0, 0.05) is 43.5 Å². The molecule has 2 aromatic rings. The van der Waals surface area contributed by atoms with E-state index in [0.717, 1.165) is 18.9 Å². The van der Waals surface area contributed by atoms with Crippen molar-refractivity contribution < 1.29 is 23.1 Å². The van der Waals surface area contributed by atoms with Crippen molar-refractivity contribution in [2.24, 2.45) is 11.8 Å². The normalized spacial score (nSPS) is 17.2. The van der Waals surface area contributed by atoms with Crippen LogP contribution in [0, 0.1) is 23.2 Å². The van der Waals surface area contributed by atoms with Crippen LogP contribution in [0.15, 0.2) is 18.0 Å². The van der Waals surface area contributed by atoms with Crippen molar-refractivity contribution in [2.75, 3.05) is 36.8 Å². The Morgan fingerprint density at radius 3 is 2.72 bits per heavy atom. The van der Waals surface area contributed by atoms with Crippen LogP contribution >= 0.6 is 0 Å². The van der Waals surface area contributed by atoms with Crippen LogP contribution in [0.3, 0.4) is 0 Å². The van der Waals surface area contributed by atoms with E-state index in [4.69, 9.17) is 0 Å². The number of likely N-dealkylation sites (tertiary alicyclic amines) is 1. The molecule has 0 unspecified atom stereocenters. The molecule has 36 heavy (non-hydrogen) atoms. The number of nitriles is 1. The number of nitrogens with one attached hydrogen (secondary N) is 3. The second kappa shape index (κ2) is 10.2. The Balaban J connectivity index is 1.46. The van der Waals surface area contributed by atoms with Gasteiger partial charge in [0.15, 0.2) is 0 Å². The minimum Gasteiger partial charge on any atom is -0.383 e. The highest BCUT2D eigenvalue weighted by molar-refractivity contribution is 5.85. The zero-order valence-electron chi connectivity index (χ0n) is 20.0. The molecule has 1 atom stereocenters. The Kier molecular flexibility index (Phi) is 7.21. The molecule has 1 saturated heterocycles. The van der Waals surface area contributed by atoms with Crippen LogP contribution in [0.2, 0.25) is 0 Å². The van der Waals surface area contributed by atoms with Gasteiger partial charge >= 0.3 is 6.18 Å². The zero-order chi connectivity index (χ0) is 26.0. The summed E-state index contributed by atoms with van der Waals surface area (Å²) in [7, 11) is 0. The Morgan fingerprint density at radius 1 is 1.36 bits per heavy atom. The first kappa shape index (κ1) is 25.5. The van der Waals surface area contributed by atoms with Gasteiger partial charge in [-0.15, -0.1) is 0 Å². The van der Waals surface area contributed by atoms with Crippen LogP contribution in [0.25, 0.3) is 17.3 Å². The van der Waals surface area contributed by atoms with E-state index in [1.54, 1.807) is 18.7 Å². The monoisotopic (exact) mass is 503 g/mol. The summed E-state index contributed by atoms with van der Waals surface area (Å²) in [6.07, 6.45) is -0.0328. The summed E-state index contributed by atoms with van der Waals surface area (Å²) in [5.41, 5.74) is 0.321. The first-order valence-corrected chi connectivity index (χ1v) is 11.8. The average molecular weight is 504 g/mol. The van der Waals surface area contributed by atoms with Gasteiger partial charge in [-0.2, -0.15) is 18.4 Å². The van der Waals surface area contributed by atoms with Gasteiger partial charge in [-0.1, -0.05) is 13.8 Å². The predicted octanol–water partition coefficient (Wildman–Crippen LogP) is 3.38. The first-order valence-electron chi connectivity index (χ1n) is 11.8. The lowest BCUT2D eigenvalue weighted by atomic mass is 9.95. The summed E-state index contributed by atoms with van der Waals surface area (Å²) in [5.74, 6) is 0.546. The summed E-state index contributed by atoms with van der Waals surface area (Å²) in [4.78, 5) is 25.6. The Hall–Kier alpha value is -3.59. The lowest BCUT2D eigenvalue weighted by Gasteiger charge is -2.34. The number of carbonyl (C=O) groups is 1. The number of hydrogen-bond donors (Lipinski definition) is 4. The van der Waals surface area contributed by atoms with E-state index in [1.165, 1.54) is 12.4 Å². The molecule has 2 aliphatic heterocycles. The van der Waals surface area contributed by atoms with Gasteiger partial charge < -0.3 is 25.6 Å². The number of rotatable bonds is 6. The number of aromatic amines is 1. The lowest BCUT2D eigenvalue weighted by Crippen LogP contribution is -2.46. The van der Waals surface area contributed by atoms with E-state index < -0.39 is 17.9 Å². The molecule has 4 rings (SSSR count). The van der Waals surface area contributed by atoms with Crippen LogP contribution in [0.4, 0.5) is 24.9 Å². The number of amides is 1. The highest BCUT2D eigenvalue weighted by atomic mass is 19.4. The number of anilines is 2. The van der Waals surface area contributed by atoms with E-state index in [2.05, 4.69) is 25.6 Å². The number of halogens is 3. The van der Waals surface area contributed by atoms with E-state index in [1.807, 2.05) is 6.07 Å². The van der Waals surface area contributed by atoms with Crippen molar-refractivity contribution in [3.05, 3.63) is 29.1 Å². The van der Waals surface area contributed by atoms with Crippen LogP contribution in [0.5, 0.6) is 0 Å². The quantitative estimate of drug-likeness (QED) is 0.476. The molecule has 0 radical (unpaired) electrons. The Morgan fingerprint density at radius 2 is 2.08 bits per heavy atom. The molecule has 2 aromatic heterocycles. The molecule has 4 heterocycles. The highest BCUT2D eigenvalue weighted by Gasteiger charge is 2.36. The molecule has 1 fully saturated rings. The standard InChI is InChI=1S/C24H28F3N7O2/c1-13(2)20(35)22(36)34-5-3-14(4-6-34)9-31-23-32-10-15(8-28)19(33-23)18-12-30-21-17(18)7-16(11-29-21)24(25,26)27/h7,10,12-14,20,29-30,35H,3-6,9,11H2,1-2H3,(H,31,32,33)/t20-/m1/s1. The highest BCUT2D eigenvalue weighted by Crippen LogP contribution is 2.38. The van der Waals surface area contributed by atoms with Gasteiger partial charge in [0.25, 0.3) is 5.91 Å². The Labute approximate surface area is 206 Å². The number of nitrogens with zero attached hydrogens (tertiary/aromatic N) is 4. The van der Waals surface area contributed by atoms with Crippen molar-refractivity contribution in [1.29, 1.82) is 5.26 Å². The molecule has 9 nitrogen and oxygen atoms in total. The zero-order valence-corrected chi connectivity index (χ0v) is 20.0. The summed E-state index contributed by atoms with van der Waals surface area (Å²) >= 11 is 0. The number of hydrogen-bond acceptors (Lipinski definition) is 7. The summed E-state index contributed by atoms with van der Waals surface area (Å²) in [6, 6.07) is 2.01. The van der Waals surface area contributed by atoms with Gasteiger partial charge in [-0.3, -0.25) is 4.79 Å². The number of H-pyrrole nitrogens is 1. The van der Waals surface area contributed by atoms with Gasteiger partial charge in [0.1, 0.15) is 18.0 Å². The fourth-order valence-electron chi connectivity index (χ4n) is 4.34. The van der Waals surface area contributed by atoms with Gasteiger partial charge in [-0.25, -0.2) is 9.97 Å². The smallest absolute Gasteiger partial charge is 0.383 e. The number of carbonyl (C=O) groups excluding carboxylic acids is 1. The van der Waals surface area contributed by atoms with Crippen molar-refractivity contribution >= 4 is 23.7 Å². The molecule has 0 aromatic carbocycles. The number of aliphatic hydroxyl groups is 1. The maximum atomic E-state index is 13.3. The minimum absolute atomic E-state index is 0.142. The van der Waals surface area contributed by atoms with Crippen LogP contribution < -0.4 is 10.6 Å². The van der Waals surface area contributed by atoms with Crippen molar-refractivity contribution in [3.63, 3.8) is 0 Å². The fourth-order valence-corrected chi connectivity index (χ4v) is 4.34. The number of aliphatic hydroxyl groups excluding tert-OH is 1. The maximum Gasteiger partial charge on any atom is 0.414 e. The molecule has 0 saturated carbocycles. The Bertz CT molecular complexity index is 1190. The maximum absolute atomic E-state index is 13.3. The van der Waals surface area contributed by atoms with Crippen LogP contribution in [-0.2, 0) is 4.79 Å². The number of aromatic nitrogens is 3. The molecule has 192 valence electrons. The van der Waals surface area contributed by atoms with E-state index in [0.29, 0.717) is 31.0 Å². The number of fused-ring (bicyclic) bond motifs is 1. The second-order valence-electron chi connectivity index (χ2n) is 9.42. The van der Waals surface area contributed by atoms with E-state index >= 15 is 0 Å². The van der Waals surface area contributed by atoms with Crippen molar-refractivity contribution in [1.82, 2.24) is 19.9 Å². The molecule has 2 aliphatic rings. The molecule has 0 aliphatic carbocycles. The molecule has 0 spiro atoms. The SMILES string of the molecule is CC(C)[C@@H](O)C(=O)N1CCC(CNc2ncc(C#N)c(-c3c[nH]c4c3C=C(C(F)(F)F)CN4)n2)CC1. The first-order chi connectivity index (χ1) is 17.1. The molecule has 12 heteroatoms. The molecule has 0 bridgehead atoms. The van der Waals surface area contributed by atoms with Crippen molar-refractivity contribution in [3.8, 4) is 17.3 Å². The van der Waals surface area contributed by atoms with E-state index in [9.17, 15) is 28.3 Å². The lowest BCUT2D eigenvalue weighted by molar-refractivity contribution is -0.143. The molecule has 1 amide bonds. The number of alkyl halides is 3. The third-order valence-electron chi connectivity index (χ3n) is 6.58. The van der Waals surface area contributed by atoms with Gasteiger partial charge in [0.05, 0.1) is 23.0 Å². The molecular formula is C24H28F3N7O2. The largest absolute Gasteiger partial charge is 0.414 e. The predicted molar refractivity (Wildman–Crippen MR) is 128 cm³/mol. The summed E-state index contributed by atoms with van der Waals surface area (Å²) < 4.78 is 39.8. The van der Waals surface area contributed by atoms with Crippen LogP contribution in [-0.4, -0.2) is 69.3 Å². The molecule has 4 N–H and O–H groups in total.